The Labute approximate surface area is 424 Å². The van der Waals surface area contributed by atoms with Crippen LogP contribution in [0.5, 0.6) is 0 Å². The zero-order valence-corrected chi connectivity index (χ0v) is 45.7. The summed E-state index contributed by atoms with van der Waals surface area (Å²) in [5.41, 5.74) is 0. The maximum atomic E-state index is 13.5. The molecule has 0 fully saturated rings. The van der Waals surface area contributed by atoms with Crippen molar-refractivity contribution in [1.82, 2.24) is 20.4 Å². The Morgan fingerprint density at radius 2 is 0.696 bits per heavy atom. The molecule has 2 N–H and O–H groups in total. The zero-order chi connectivity index (χ0) is 50.7. The van der Waals surface area contributed by atoms with E-state index in [1.807, 2.05) is 28.2 Å². The number of hydrogen-bond donors (Lipinski definition) is 2. The Hall–Kier alpha value is -2.80. The third-order valence-corrected chi connectivity index (χ3v) is 12.2. The number of rotatable bonds is 52. The van der Waals surface area contributed by atoms with Gasteiger partial charge in [0.15, 0.2) is 13.2 Å². The van der Waals surface area contributed by atoms with Crippen molar-refractivity contribution in [2.24, 2.45) is 0 Å². The van der Waals surface area contributed by atoms with Crippen molar-refractivity contribution < 1.29 is 38.1 Å². The van der Waals surface area contributed by atoms with Gasteiger partial charge < -0.3 is 39.4 Å². The van der Waals surface area contributed by atoms with Crippen molar-refractivity contribution >= 4 is 23.9 Å². The summed E-state index contributed by atoms with van der Waals surface area (Å²) >= 11 is 0. The molecule has 69 heavy (non-hydrogen) atoms. The van der Waals surface area contributed by atoms with Crippen molar-refractivity contribution in [1.29, 1.82) is 0 Å². The highest BCUT2D eigenvalue weighted by molar-refractivity contribution is 5.73. The fourth-order valence-electron chi connectivity index (χ4n) is 7.89. The number of unbranched alkanes of at least 4 members (excludes halogenated alkanes) is 24. The first-order valence-electron chi connectivity index (χ1n) is 28.3. The number of esters is 4. The summed E-state index contributed by atoms with van der Waals surface area (Å²) < 4.78 is 23.2. The summed E-state index contributed by atoms with van der Waals surface area (Å²) in [6.07, 6.45) is 43.2. The van der Waals surface area contributed by atoms with E-state index in [-0.39, 0.29) is 25.7 Å². The fourth-order valence-corrected chi connectivity index (χ4v) is 7.89. The SMILES string of the molecule is CCCCCCCC/C=C/CCCCCCCC(=O)OC(COC(=O)CCNCCCCN(C)C)(COC(=O)CCNCCCCN(C)C)OC(=O)CCCCCCC/C=C/CCCCCCCC. The fraction of sp³-hybridized carbons (Fsp3) is 0.860. The summed E-state index contributed by atoms with van der Waals surface area (Å²) in [7, 11) is 8.18. The predicted octanol–water partition coefficient (Wildman–Crippen LogP) is 12.6. The Morgan fingerprint density at radius 1 is 0.377 bits per heavy atom. The molecule has 0 unspecified atom stereocenters. The maximum absolute atomic E-state index is 13.5. The Balaban J connectivity index is 5.44. The zero-order valence-electron chi connectivity index (χ0n) is 45.7. The van der Waals surface area contributed by atoms with E-state index in [0.717, 1.165) is 129 Å². The van der Waals surface area contributed by atoms with Gasteiger partial charge in [0.2, 0.25) is 0 Å². The molecule has 0 saturated carbocycles. The molecule has 404 valence electrons. The van der Waals surface area contributed by atoms with Crippen LogP contribution in [0.2, 0.25) is 0 Å². The molecule has 0 aromatic rings. The van der Waals surface area contributed by atoms with Gasteiger partial charge in [-0.3, -0.25) is 19.2 Å². The summed E-state index contributed by atoms with van der Waals surface area (Å²) in [5.74, 6) is -4.35. The Kier molecular flexibility index (Phi) is 48.1. The van der Waals surface area contributed by atoms with Gasteiger partial charge in [-0.25, -0.2) is 0 Å². The Morgan fingerprint density at radius 3 is 1.03 bits per heavy atom. The number of hydrogen-bond acceptors (Lipinski definition) is 12. The van der Waals surface area contributed by atoms with E-state index in [0.29, 0.717) is 25.9 Å². The maximum Gasteiger partial charge on any atom is 0.325 e. The van der Waals surface area contributed by atoms with Crippen LogP contribution in [-0.2, 0) is 38.1 Å². The van der Waals surface area contributed by atoms with E-state index in [9.17, 15) is 19.2 Å². The van der Waals surface area contributed by atoms with Crippen molar-refractivity contribution in [2.75, 3.05) is 80.7 Å². The number of carbonyl (C=O) groups is 4. The average molecular weight is 978 g/mol. The van der Waals surface area contributed by atoms with Crippen LogP contribution >= 0.6 is 0 Å². The Bertz CT molecular complexity index is 1170. The molecule has 0 aromatic carbocycles. The molecule has 0 amide bonds. The van der Waals surface area contributed by atoms with Crippen LogP contribution in [0, 0.1) is 0 Å². The number of nitrogens with one attached hydrogen (secondary N) is 2. The molecule has 0 spiro atoms. The molecule has 0 aromatic heterocycles. The largest absolute Gasteiger partial charge is 0.457 e. The topological polar surface area (TPSA) is 136 Å². The van der Waals surface area contributed by atoms with E-state index in [4.69, 9.17) is 18.9 Å². The smallest absolute Gasteiger partial charge is 0.325 e. The monoisotopic (exact) mass is 977 g/mol. The molecular formula is C57H108N4O8. The molecule has 12 nitrogen and oxygen atoms in total. The van der Waals surface area contributed by atoms with Crippen LogP contribution in [0.3, 0.4) is 0 Å². The summed E-state index contributed by atoms with van der Waals surface area (Å²) in [6.45, 7) is 7.73. The minimum absolute atomic E-state index is 0.0789. The summed E-state index contributed by atoms with van der Waals surface area (Å²) in [4.78, 5) is 57.4. The van der Waals surface area contributed by atoms with Gasteiger partial charge in [0, 0.05) is 25.9 Å². The third-order valence-electron chi connectivity index (χ3n) is 12.2. The standard InChI is InChI=1S/C57H108N4O8/c1-7-9-11-13-15-17-19-21-23-25-27-29-31-33-35-41-55(64)68-57(51-66-53(62)43-47-58-45-37-39-49-60(3)4,52-67-54(63)44-48-59-46-38-40-50-61(5)6)69-56(65)42-36-34-32-30-28-26-24-22-20-18-16-14-12-10-8-2/h21-24,58-59H,7-20,25-52H2,1-6H3/b23-21+,24-22+. The molecule has 12 heteroatoms. The van der Waals surface area contributed by atoms with Gasteiger partial charge in [-0.15, -0.1) is 0 Å². The van der Waals surface area contributed by atoms with Crippen molar-refractivity contribution in [3.63, 3.8) is 0 Å². The first-order valence-corrected chi connectivity index (χ1v) is 28.3. The normalized spacial score (nSPS) is 11.9. The molecule has 0 heterocycles. The predicted molar refractivity (Wildman–Crippen MR) is 286 cm³/mol. The summed E-state index contributed by atoms with van der Waals surface area (Å²) in [6, 6.07) is 0. The molecule has 0 aliphatic rings. The molecule has 0 atom stereocenters. The van der Waals surface area contributed by atoms with Gasteiger partial charge >= 0.3 is 29.7 Å². The molecule has 0 saturated heterocycles. The van der Waals surface area contributed by atoms with E-state index in [2.05, 4.69) is 58.6 Å². The second-order valence-corrected chi connectivity index (χ2v) is 19.9. The van der Waals surface area contributed by atoms with E-state index in [1.54, 1.807) is 0 Å². The lowest BCUT2D eigenvalue weighted by atomic mass is 10.1. The number of allylic oxidation sites excluding steroid dienone is 4. The van der Waals surface area contributed by atoms with Crippen LogP contribution in [0.4, 0.5) is 0 Å². The van der Waals surface area contributed by atoms with Crippen LogP contribution in [0.15, 0.2) is 24.3 Å². The van der Waals surface area contributed by atoms with Crippen LogP contribution in [-0.4, -0.2) is 120 Å². The number of ether oxygens (including phenoxy) is 4. The second kappa shape index (κ2) is 50.2. The lowest BCUT2D eigenvalue weighted by Crippen LogP contribution is -2.49. The van der Waals surface area contributed by atoms with Crippen LogP contribution in [0.1, 0.15) is 232 Å². The molecule has 0 bridgehead atoms. The summed E-state index contributed by atoms with van der Waals surface area (Å²) in [5, 5.41) is 6.56. The lowest BCUT2D eigenvalue weighted by molar-refractivity contribution is -0.259. The highest BCUT2D eigenvalue weighted by Crippen LogP contribution is 2.21. The minimum atomic E-state index is -2.09. The molecule has 0 aliphatic carbocycles. The highest BCUT2D eigenvalue weighted by atomic mass is 16.8. The first-order chi connectivity index (χ1) is 33.5. The minimum Gasteiger partial charge on any atom is -0.457 e. The molecule has 0 rings (SSSR count). The third kappa shape index (κ3) is 48.6. The van der Waals surface area contributed by atoms with E-state index in [1.165, 1.54) is 77.0 Å². The van der Waals surface area contributed by atoms with E-state index < -0.39 is 42.9 Å². The molecular weight excluding hydrogens is 869 g/mol. The second-order valence-electron chi connectivity index (χ2n) is 19.9. The van der Waals surface area contributed by atoms with E-state index >= 15 is 0 Å². The van der Waals surface area contributed by atoms with Crippen molar-refractivity contribution in [2.45, 2.75) is 238 Å². The van der Waals surface area contributed by atoms with Gasteiger partial charge in [-0.2, -0.15) is 0 Å². The molecule has 0 aliphatic heterocycles. The van der Waals surface area contributed by atoms with Gasteiger partial charge in [0.1, 0.15) is 0 Å². The van der Waals surface area contributed by atoms with Crippen molar-refractivity contribution in [3.8, 4) is 0 Å². The number of carbonyl (C=O) groups excluding carboxylic acids is 4. The van der Waals surface area contributed by atoms with Crippen molar-refractivity contribution in [3.05, 3.63) is 24.3 Å². The number of nitrogens with zero attached hydrogens (tertiary/aromatic N) is 2. The van der Waals surface area contributed by atoms with Gasteiger partial charge in [-0.1, -0.05) is 141 Å². The van der Waals surface area contributed by atoms with Crippen LogP contribution < -0.4 is 10.6 Å². The first kappa shape index (κ1) is 66.2. The lowest BCUT2D eigenvalue weighted by Gasteiger charge is -2.32. The van der Waals surface area contributed by atoms with Gasteiger partial charge in [0.25, 0.3) is 0 Å². The highest BCUT2D eigenvalue weighted by Gasteiger charge is 2.42. The van der Waals surface area contributed by atoms with Gasteiger partial charge in [0.05, 0.1) is 12.8 Å². The molecule has 0 radical (unpaired) electrons. The van der Waals surface area contributed by atoms with Gasteiger partial charge in [-0.05, 0) is 144 Å². The van der Waals surface area contributed by atoms with Crippen LogP contribution in [0.25, 0.3) is 0 Å². The average Bonchev–Trinajstić information content (AvgIpc) is 3.31. The quantitative estimate of drug-likeness (QED) is 0.0197.